The smallest absolute Gasteiger partial charge is 0.340 e. The zero-order valence-electron chi connectivity index (χ0n) is 10.3. The number of aromatic hydroxyl groups is 1. The Labute approximate surface area is 104 Å². The summed E-state index contributed by atoms with van der Waals surface area (Å²) in [5.74, 6) is 0.0472. The van der Waals surface area contributed by atoms with Crippen molar-refractivity contribution < 1.29 is 14.3 Å². The van der Waals surface area contributed by atoms with E-state index in [4.69, 9.17) is 4.42 Å². The van der Waals surface area contributed by atoms with E-state index in [1.807, 2.05) is 0 Å². The van der Waals surface area contributed by atoms with E-state index >= 15 is 0 Å². The zero-order valence-corrected chi connectivity index (χ0v) is 10.3. The molecule has 1 aromatic heterocycles. The van der Waals surface area contributed by atoms with Crippen molar-refractivity contribution in [3.05, 3.63) is 39.7 Å². The molecular weight excluding hydrogens is 232 g/mol. The van der Waals surface area contributed by atoms with Gasteiger partial charge in [0.15, 0.2) is 0 Å². The average Bonchev–Trinajstić information content (AvgIpc) is 2.33. The molecule has 1 aromatic carbocycles. The van der Waals surface area contributed by atoms with Gasteiger partial charge in [0.25, 0.3) is 0 Å². The molecule has 0 aliphatic rings. The van der Waals surface area contributed by atoms with Crippen LogP contribution in [-0.4, -0.2) is 10.9 Å². The first-order valence-electron chi connectivity index (χ1n) is 5.80. The summed E-state index contributed by atoms with van der Waals surface area (Å²) < 4.78 is 5.13. The molecule has 1 heterocycles. The highest BCUT2D eigenvalue weighted by atomic mass is 16.4. The molecule has 0 aliphatic heterocycles. The fourth-order valence-electron chi connectivity index (χ4n) is 1.91. The van der Waals surface area contributed by atoms with E-state index < -0.39 is 5.63 Å². The Bertz CT molecular complexity index is 667. The first-order valence-corrected chi connectivity index (χ1v) is 5.80. The number of hydrogen-bond acceptors (Lipinski definition) is 4. The van der Waals surface area contributed by atoms with Gasteiger partial charge in [0, 0.05) is 29.9 Å². The minimum Gasteiger partial charge on any atom is -0.508 e. The van der Waals surface area contributed by atoms with E-state index in [0.29, 0.717) is 17.6 Å². The number of carbonyl (C=O) groups excluding carboxylic acids is 1. The van der Waals surface area contributed by atoms with E-state index in [9.17, 15) is 14.7 Å². The molecule has 0 aliphatic carbocycles. The van der Waals surface area contributed by atoms with Gasteiger partial charge in [-0.25, -0.2) is 4.79 Å². The predicted molar refractivity (Wildman–Crippen MR) is 67.9 cm³/mol. The van der Waals surface area contributed by atoms with Crippen LogP contribution < -0.4 is 5.63 Å². The molecule has 0 amide bonds. The van der Waals surface area contributed by atoms with E-state index in [0.717, 1.165) is 10.9 Å². The molecular formula is C14H14O4. The lowest BCUT2D eigenvalue weighted by molar-refractivity contribution is -0.118. The lowest BCUT2D eigenvalue weighted by atomic mass is 10.0. The summed E-state index contributed by atoms with van der Waals surface area (Å²) in [6, 6.07) is 4.61. The first-order chi connectivity index (χ1) is 8.52. The van der Waals surface area contributed by atoms with Crippen LogP contribution >= 0.6 is 0 Å². The van der Waals surface area contributed by atoms with Gasteiger partial charge in [-0.3, -0.25) is 4.79 Å². The number of Topliss-reactive ketones (excluding diaryl/α,β-unsaturated/α-hetero) is 1. The number of rotatable bonds is 3. The van der Waals surface area contributed by atoms with Gasteiger partial charge in [-0.05, 0) is 24.6 Å². The summed E-state index contributed by atoms with van der Waals surface area (Å²) >= 11 is 0. The Hall–Kier alpha value is -2.10. The number of hydrogen-bond donors (Lipinski definition) is 1. The quantitative estimate of drug-likeness (QED) is 0.844. The van der Waals surface area contributed by atoms with E-state index in [1.54, 1.807) is 19.9 Å². The summed E-state index contributed by atoms with van der Waals surface area (Å²) in [5.41, 5.74) is 0.973. The molecule has 4 heteroatoms. The van der Waals surface area contributed by atoms with Gasteiger partial charge in [-0.2, -0.15) is 0 Å². The molecule has 4 nitrogen and oxygen atoms in total. The maximum absolute atomic E-state index is 11.8. The standard InChI is InChI=1S/C14H14O4/c1-3-9(15)6-12-8(2)11-5-4-10(16)7-13(11)18-14(12)17/h4-5,7,16H,3,6H2,1-2H3. The van der Waals surface area contributed by atoms with Crippen LogP contribution in [0.25, 0.3) is 11.0 Å². The Morgan fingerprint density at radius 2 is 2.11 bits per heavy atom. The second-order valence-electron chi connectivity index (χ2n) is 4.24. The molecule has 0 fully saturated rings. The molecule has 18 heavy (non-hydrogen) atoms. The van der Waals surface area contributed by atoms with Gasteiger partial charge in [-0.1, -0.05) is 6.92 Å². The monoisotopic (exact) mass is 246 g/mol. The van der Waals surface area contributed by atoms with Gasteiger partial charge in [0.2, 0.25) is 0 Å². The van der Waals surface area contributed by atoms with E-state index in [2.05, 4.69) is 0 Å². The van der Waals surface area contributed by atoms with Gasteiger partial charge < -0.3 is 9.52 Å². The molecule has 0 saturated carbocycles. The van der Waals surface area contributed by atoms with Crippen molar-refractivity contribution in [2.24, 2.45) is 0 Å². The number of phenolic OH excluding ortho intramolecular Hbond substituents is 1. The van der Waals surface area contributed by atoms with Crippen molar-refractivity contribution in [3.63, 3.8) is 0 Å². The summed E-state index contributed by atoms with van der Waals surface area (Å²) in [6.07, 6.45) is 0.494. The van der Waals surface area contributed by atoms with Crippen molar-refractivity contribution in [2.75, 3.05) is 0 Å². The van der Waals surface area contributed by atoms with E-state index in [1.165, 1.54) is 12.1 Å². The van der Waals surface area contributed by atoms with Gasteiger partial charge in [0.1, 0.15) is 17.1 Å². The third-order valence-electron chi connectivity index (χ3n) is 3.04. The highest BCUT2D eigenvalue weighted by Gasteiger charge is 2.14. The Morgan fingerprint density at radius 1 is 1.39 bits per heavy atom. The Balaban J connectivity index is 2.65. The molecule has 0 saturated heterocycles. The second kappa shape index (κ2) is 4.64. The molecule has 0 spiro atoms. The van der Waals surface area contributed by atoms with Crippen molar-refractivity contribution in [2.45, 2.75) is 26.7 Å². The first kappa shape index (κ1) is 12.4. The van der Waals surface area contributed by atoms with Crippen molar-refractivity contribution >= 4 is 16.8 Å². The molecule has 2 rings (SSSR count). The van der Waals surface area contributed by atoms with Gasteiger partial charge in [-0.15, -0.1) is 0 Å². The summed E-state index contributed by atoms with van der Waals surface area (Å²) in [5, 5.41) is 10.1. The number of fused-ring (bicyclic) bond motifs is 1. The zero-order chi connectivity index (χ0) is 13.3. The maximum Gasteiger partial charge on any atom is 0.340 e. The van der Waals surface area contributed by atoms with Crippen molar-refractivity contribution in [3.8, 4) is 5.75 Å². The van der Waals surface area contributed by atoms with Crippen LogP contribution in [0.15, 0.2) is 27.4 Å². The second-order valence-corrected chi connectivity index (χ2v) is 4.24. The highest BCUT2D eigenvalue weighted by Crippen LogP contribution is 2.23. The van der Waals surface area contributed by atoms with Crippen LogP contribution in [0.5, 0.6) is 5.75 Å². The molecule has 94 valence electrons. The van der Waals surface area contributed by atoms with Crippen LogP contribution in [0.3, 0.4) is 0 Å². The van der Waals surface area contributed by atoms with Crippen LogP contribution in [0.4, 0.5) is 0 Å². The number of benzene rings is 1. The molecule has 0 bridgehead atoms. The van der Waals surface area contributed by atoms with Crippen molar-refractivity contribution in [1.29, 1.82) is 0 Å². The number of phenols is 1. The topological polar surface area (TPSA) is 67.5 Å². The minimum absolute atomic E-state index is 0.00327. The molecule has 2 aromatic rings. The lowest BCUT2D eigenvalue weighted by Crippen LogP contribution is -2.14. The van der Waals surface area contributed by atoms with Crippen LogP contribution in [0.2, 0.25) is 0 Å². The third-order valence-corrected chi connectivity index (χ3v) is 3.04. The molecule has 0 atom stereocenters. The number of ketones is 1. The number of carbonyl (C=O) groups is 1. The number of aryl methyl sites for hydroxylation is 1. The summed E-state index contributed by atoms with van der Waals surface area (Å²) in [4.78, 5) is 23.3. The van der Waals surface area contributed by atoms with Gasteiger partial charge in [0.05, 0.1) is 0 Å². The van der Waals surface area contributed by atoms with Crippen LogP contribution in [0, 0.1) is 6.92 Å². The lowest BCUT2D eigenvalue weighted by Gasteiger charge is -2.06. The average molecular weight is 246 g/mol. The normalized spacial score (nSPS) is 10.8. The fraction of sp³-hybridized carbons (Fsp3) is 0.286. The minimum atomic E-state index is -0.507. The molecule has 1 N–H and O–H groups in total. The predicted octanol–water partition coefficient (Wildman–Crippen LogP) is 2.33. The fourth-order valence-corrected chi connectivity index (χ4v) is 1.91. The maximum atomic E-state index is 11.8. The highest BCUT2D eigenvalue weighted by molar-refractivity contribution is 5.85. The molecule has 0 radical (unpaired) electrons. The largest absolute Gasteiger partial charge is 0.508 e. The van der Waals surface area contributed by atoms with Crippen LogP contribution in [-0.2, 0) is 11.2 Å². The van der Waals surface area contributed by atoms with Crippen molar-refractivity contribution in [1.82, 2.24) is 0 Å². The SMILES string of the molecule is CCC(=O)Cc1c(C)c2ccc(O)cc2oc1=O. The molecule has 0 unspecified atom stereocenters. The third kappa shape index (κ3) is 2.14. The Morgan fingerprint density at radius 3 is 2.78 bits per heavy atom. The Kier molecular flexibility index (Phi) is 3.19. The van der Waals surface area contributed by atoms with E-state index in [-0.39, 0.29) is 18.0 Å². The summed E-state index contributed by atoms with van der Waals surface area (Å²) in [7, 11) is 0. The van der Waals surface area contributed by atoms with Gasteiger partial charge >= 0.3 is 5.63 Å². The van der Waals surface area contributed by atoms with Crippen LogP contribution in [0.1, 0.15) is 24.5 Å². The summed E-state index contributed by atoms with van der Waals surface area (Å²) in [6.45, 7) is 3.55.